The molecule has 2 aliphatic heterocycles. The molecule has 8 nitrogen and oxygen atoms in total. The number of nitrogens with zero attached hydrogens (tertiary/aromatic N) is 5. The molecule has 122 valence electrons. The summed E-state index contributed by atoms with van der Waals surface area (Å²) >= 11 is 0. The van der Waals surface area contributed by atoms with Gasteiger partial charge in [-0.2, -0.15) is 5.10 Å². The molecular formula is C15H20N6O2. The molecule has 1 saturated heterocycles. The van der Waals surface area contributed by atoms with Gasteiger partial charge < -0.3 is 10.2 Å². The number of likely N-dealkylation sites (tertiary alicyclic amines) is 1. The van der Waals surface area contributed by atoms with E-state index < -0.39 is 0 Å². The van der Waals surface area contributed by atoms with Crippen molar-refractivity contribution in [3.63, 3.8) is 0 Å². The molecule has 0 aliphatic carbocycles. The summed E-state index contributed by atoms with van der Waals surface area (Å²) < 4.78 is 6.75. The highest BCUT2D eigenvalue weighted by Gasteiger charge is 2.35. The second-order valence-corrected chi connectivity index (χ2v) is 6.17. The predicted molar refractivity (Wildman–Crippen MR) is 80.6 cm³/mol. The summed E-state index contributed by atoms with van der Waals surface area (Å²) in [5.74, 6) is -0.0320. The second-order valence-electron chi connectivity index (χ2n) is 6.17. The Labute approximate surface area is 133 Å². The average molecular weight is 316 g/mol. The second kappa shape index (κ2) is 5.77. The van der Waals surface area contributed by atoms with E-state index >= 15 is 0 Å². The van der Waals surface area contributed by atoms with E-state index in [4.69, 9.17) is 4.63 Å². The average Bonchev–Trinajstić information content (AvgIpc) is 3.24. The number of nitrogens with one attached hydrogen (secondary N) is 1. The first-order chi connectivity index (χ1) is 11.2. The van der Waals surface area contributed by atoms with Crippen molar-refractivity contribution < 1.29 is 9.42 Å². The highest BCUT2D eigenvalue weighted by Crippen LogP contribution is 2.33. The van der Waals surface area contributed by atoms with Crippen molar-refractivity contribution in [2.24, 2.45) is 0 Å². The highest BCUT2D eigenvalue weighted by atomic mass is 16.6. The number of aromatic nitrogens is 4. The topological polar surface area (TPSA) is 89.1 Å². The van der Waals surface area contributed by atoms with Crippen LogP contribution in [0.3, 0.4) is 0 Å². The first-order valence-electron chi connectivity index (χ1n) is 8.11. The first-order valence-corrected chi connectivity index (χ1v) is 8.11. The molecule has 0 bridgehead atoms. The monoisotopic (exact) mass is 316 g/mol. The number of rotatable bonds is 2. The molecule has 0 saturated carbocycles. The lowest BCUT2D eigenvalue weighted by molar-refractivity contribution is 0.0723. The number of aryl methyl sites for hydroxylation is 2. The van der Waals surface area contributed by atoms with Gasteiger partial charge in [0.25, 0.3) is 5.91 Å². The summed E-state index contributed by atoms with van der Waals surface area (Å²) in [6, 6.07) is 1.84. The van der Waals surface area contributed by atoms with E-state index in [1.165, 1.54) is 0 Å². The lowest BCUT2D eigenvalue weighted by Crippen LogP contribution is -2.31. The Bertz CT molecular complexity index is 698. The van der Waals surface area contributed by atoms with E-state index in [1.54, 1.807) is 0 Å². The molecule has 2 aliphatic rings. The lowest BCUT2D eigenvalue weighted by Gasteiger charge is -2.22. The van der Waals surface area contributed by atoms with Crippen LogP contribution in [0.2, 0.25) is 0 Å². The molecule has 1 atom stereocenters. The normalized spacial score (nSPS) is 21.3. The van der Waals surface area contributed by atoms with E-state index in [-0.39, 0.29) is 11.9 Å². The fourth-order valence-electron chi connectivity index (χ4n) is 3.45. The zero-order valence-electron chi connectivity index (χ0n) is 13.2. The van der Waals surface area contributed by atoms with Gasteiger partial charge in [-0.3, -0.25) is 9.48 Å². The molecule has 2 aromatic rings. The highest BCUT2D eigenvalue weighted by molar-refractivity contribution is 5.93. The van der Waals surface area contributed by atoms with Crippen LogP contribution in [0.25, 0.3) is 0 Å². The van der Waals surface area contributed by atoms with Crippen molar-refractivity contribution in [1.82, 2.24) is 30.3 Å². The molecule has 23 heavy (non-hydrogen) atoms. The number of amides is 1. The summed E-state index contributed by atoms with van der Waals surface area (Å²) in [6.07, 6.45) is 2.87. The van der Waals surface area contributed by atoms with Gasteiger partial charge in [0.05, 0.1) is 11.7 Å². The summed E-state index contributed by atoms with van der Waals surface area (Å²) in [4.78, 5) is 14.8. The third-order valence-electron chi connectivity index (χ3n) is 4.63. The zero-order valence-corrected chi connectivity index (χ0v) is 13.2. The van der Waals surface area contributed by atoms with Crippen LogP contribution in [0.1, 0.15) is 52.9 Å². The Hall–Kier alpha value is -2.22. The maximum absolute atomic E-state index is 12.9. The van der Waals surface area contributed by atoms with Gasteiger partial charge in [-0.15, -0.1) is 0 Å². The SMILES string of the molecule is Cc1nonc1[C@H]1CCCN1C(=O)c1cc2n(n1)CCCNC2. The summed E-state index contributed by atoms with van der Waals surface area (Å²) in [7, 11) is 0. The minimum Gasteiger partial charge on any atom is -0.328 e. The summed E-state index contributed by atoms with van der Waals surface area (Å²) in [6.45, 7) is 5.17. The fourth-order valence-corrected chi connectivity index (χ4v) is 3.45. The number of carbonyl (C=O) groups excluding carboxylic acids is 1. The van der Waals surface area contributed by atoms with Gasteiger partial charge in [-0.25, -0.2) is 4.63 Å². The van der Waals surface area contributed by atoms with Crippen LogP contribution in [0.4, 0.5) is 0 Å². The van der Waals surface area contributed by atoms with E-state index in [0.29, 0.717) is 5.69 Å². The molecule has 4 rings (SSSR count). The smallest absolute Gasteiger partial charge is 0.274 e. The third kappa shape index (κ3) is 2.52. The quantitative estimate of drug-likeness (QED) is 0.890. The Kier molecular flexibility index (Phi) is 3.60. The maximum atomic E-state index is 12.9. The maximum Gasteiger partial charge on any atom is 0.274 e. The van der Waals surface area contributed by atoms with E-state index in [2.05, 4.69) is 20.7 Å². The zero-order chi connectivity index (χ0) is 15.8. The Balaban J connectivity index is 1.60. The van der Waals surface area contributed by atoms with Crippen molar-refractivity contribution >= 4 is 5.91 Å². The minimum atomic E-state index is -0.0617. The van der Waals surface area contributed by atoms with Crippen LogP contribution in [-0.4, -0.2) is 44.0 Å². The van der Waals surface area contributed by atoms with E-state index in [0.717, 1.165) is 62.5 Å². The van der Waals surface area contributed by atoms with Crippen LogP contribution in [0, 0.1) is 6.92 Å². The molecule has 4 heterocycles. The summed E-state index contributed by atoms with van der Waals surface area (Å²) in [5, 5.41) is 15.7. The van der Waals surface area contributed by atoms with Crippen molar-refractivity contribution in [2.75, 3.05) is 13.1 Å². The van der Waals surface area contributed by atoms with E-state index in [9.17, 15) is 4.79 Å². The van der Waals surface area contributed by atoms with Gasteiger partial charge >= 0.3 is 0 Å². The molecule has 1 fully saturated rings. The Morgan fingerprint density at radius 1 is 1.35 bits per heavy atom. The number of carbonyl (C=O) groups is 1. The van der Waals surface area contributed by atoms with Gasteiger partial charge in [0.2, 0.25) is 0 Å². The molecule has 0 unspecified atom stereocenters. The molecular weight excluding hydrogens is 296 g/mol. The van der Waals surface area contributed by atoms with E-state index in [1.807, 2.05) is 22.6 Å². The number of hydrogen-bond donors (Lipinski definition) is 1. The lowest BCUT2D eigenvalue weighted by atomic mass is 10.1. The van der Waals surface area contributed by atoms with Gasteiger partial charge in [-0.05, 0) is 38.8 Å². The minimum absolute atomic E-state index is 0.0320. The molecule has 0 aromatic carbocycles. The number of hydrogen-bond acceptors (Lipinski definition) is 6. The molecule has 0 spiro atoms. The largest absolute Gasteiger partial charge is 0.328 e. The Morgan fingerprint density at radius 3 is 3.09 bits per heavy atom. The van der Waals surface area contributed by atoms with Gasteiger partial charge in [0.15, 0.2) is 5.69 Å². The number of fused-ring (bicyclic) bond motifs is 1. The van der Waals surface area contributed by atoms with Crippen LogP contribution in [0.15, 0.2) is 10.7 Å². The van der Waals surface area contributed by atoms with Gasteiger partial charge in [0.1, 0.15) is 11.4 Å². The molecule has 8 heteroatoms. The van der Waals surface area contributed by atoms with Crippen LogP contribution >= 0.6 is 0 Å². The third-order valence-corrected chi connectivity index (χ3v) is 4.63. The summed E-state index contributed by atoms with van der Waals surface area (Å²) in [5.41, 5.74) is 3.10. The Morgan fingerprint density at radius 2 is 2.26 bits per heavy atom. The molecule has 0 radical (unpaired) electrons. The van der Waals surface area contributed by atoms with Crippen molar-refractivity contribution in [3.8, 4) is 0 Å². The van der Waals surface area contributed by atoms with Crippen LogP contribution < -0.4 is 5.32 Å². The van der Waals surface area contributed by atoms with Crippen molar-refractivity contribution in [1.29, 1.82) is 0 Å². The molecule has 1 amide bonds. The van der Waals surface area contributed by atoms with Crippen LogP contribution in [0.5, 0.6) is 0 Å². The van der Waals surface area contributed by atoms with Crippen molar-refractivity contribution in [2.45, 2.75) is 45.3 Å². The standard InChI is InChI=1S/C15H20N6O2/c1-10-14(19-23-18-10)13-4-2-6-20(13)15(22)12-8-11-9-16-5-3-7-21(11)17-12/h8,13,16H,2-7,9H2,1H3/t13-/m1/s1. The van der Waals surface area contributed by atoms with Crippen molar-refractivity contribution in [3.05, 3.63) is 28.8 Å². The van der Waals surface area contributed by atoms with Gasteiger partial charge in [0, 0.05) is 19.6 Å². The fraction of sp³-hybridized carbons (Fsp3) is 0.600. The van der Waals surface area contributed by atoms with Gasteiger partial charge in [-0.1, -0.05) is 10.3 Å². The molecule has 2 aromatic heterocycles. The molecule has 1 N–H and O–H groups in total. The first kappa shape index (κ1) is 14.4. The predicted octanol–water partition coefficient (Wildman–Crippen LogP) is 1.05. The van der Waals surface area contributed by atoms with Crippen LogP contribution in [-0.2, 0) is 13.1 Å².